The minimum Gasteiger partial charge on any atom is -0.663 e. The fourth-order valence-corrected chi connectivity index (χ4v) is 0. The summed E-state index contributed by atoms with van der Waals surface area (Å²) in [7, 11) is 7.30. The Morgan fingerprint density at radius 3 is 0.429 bits per heavy atom. The van der Waals surface area contributed by atoms with E-state index in [1.165, 1.54) is 0 Å². The van der Waals surface area contributed by atoms with Gasteiger partial charge in [-0.15, -0.1) is 24.2 Å². The molecule has 0 radical (unpaired) electrons. The van der Waals surface area contributed by atoms with E-state index in [9.17, 15) is 0 Å². The molecule has 0 fully saturated rings. The first-order chi connectivity index (χ1) is 9.08. The molecular weight excluding hydrogens is 296 g/mol. The van der Waals surface area contributed by atoms with Crippen LogP contribution in [0.2, 0.25) is 0 Å². The predicted molar refractivity (Wildman–Crippen MR) is 97.7 cm³/mol. The van der Waals surface area contributed by atoms with Crippen LogP contribution < -0.4 is 0 Å². The van der Waals surface area contributed by atoms with Crippen molar-refractivity contribution in [2.75, 3.05) is 28.2 Å². The molecule has 0 aromatic heterocycles. The molecule has 0 saturated carbocycles. The summed E-state index contributed by atoms with van der Waals surface area (Å²) in [6.45, 7) is 16.4. The predicted octanol–water partition coefficient (Wildman–Crippen LogP) is 5.59. The molecule has 0 N–H and O–H groups in total. The molecule has 0 saturated heterocycles. The van der Waals surface area contributed by atoms with Gasteiger partial charge in [0.15, 0.2) is 0 Å². The second-order valence-electron chi connectivity index (χ2n) is 5.41. The van der Waals surface area contributed by atoms with Gasteiger partial charge in [0.2, 0.25) is 0 Å². The Hall–Kier alpha value is 0.554. The Labute approximate surface area is 150 Å². The van der Waals surface area contributed by atoms with Crippen molar-refractivity contribution in [1.82, 2.24) is 0 Å². The van der Waals surface area contributed by atoms with Crippen molar-refractivity contribution in [1.29, 1.82) is 0 Å². The van der Waals surface area contributed by atoms with Crippen LogP contribution in [0.15, 0.2) is 0 Å². The first kappa shape index (κ1) is 33.2. The van der Waals surface area contributed by atoms with Crippen molar-refractivity contribution in [3.63, 3.8) is 0 Å². The van der Waals surface area contributed by atoms with Gasteiger partial charge in [-0.05, 0) is 0 Å². The van der Waals surface area contributed by atoms with Crippen molar-refractivity contribution in [2.24, 2.45) is 0 Å². The third kappa shape index (κ3) is 96.7. The molecular formula is C16H40N4Ti. The van der Waals surface area contributed by atoms with Crippen molar-refractivity contribution in [2.45, 2.75) is 79.6 Å². The summed E-state index contributed by atoms with van der Waals surface area (Å²) in [6.07, 6.45) is 0. The van der Waals surface area contributed by atoms with E-state index in [1.54, 1.807) is 0 Å². The van der Waals surface area contributed by atoms with Crippen molar-refractivity contribution < 1.29 is 21.7 Å². The Kier molecular flexibility index (Phi) is 45.4. The first-order valence-corrected chi connectivity index (χ1v) is 7.44. The van der Waals surface area contributed by atoms with Crippen LogP contribution in [0.5, 0.6) is 0 Å². The zero-order chi connectivity index (χ0) is 17.1. The SMILES string of the molecule is C[N-]C(C)C.C[N-]C(C)C.C[N-]C(C)C.C[N-]C(C)C.[Ti+4]. The molecule has 0 heterocycles. The van der Waals surface area contributed by atoms with Crippen LogP contribution in [0, 0.1) is 0 Å². The molecule has 4 nitrogen and oxygen atoms in total. The van der Waals surface area contributed by atoms with Gasteiger partial charge < -0.3 is 21.3 Å². The molecule has 0 atom stereocenters. The number of hydrogen-bond acceptors (Lipinski definition) is 0. The van der Waals surface area contributed by atoms with Crippen molar-refractivity contribution in [3.05, 3.63) is 21.3 Å². The van der Waals surface area contributed by atoms with Gasteiger partial charge in [0.1, 0.15) is 0 Å². The molecule has 0 spiro atoms. The number of rotatable bonds is 4. The minimum atomic E-state index is 0. The Bertz CT molecular complexity index is 108. The zero-order valence-electron chi connectivity index (χ0n) is 16.6. The third-order valence-electron chi connectivity index (χ3n) is 2.07. The van der Waals surface area contributed by atoms with Crippen molar-refractivity contribution in [3.8, 4) is 0 Å². The molecule has 0 aliphatic carbocycles. The van der Waals surface area contributed by atoms with E-state index in [2.05, 4.69) is 76.7 Å². The van der Waals surface area contributed by atoms with Gasteiger partial charge >= 0.3 is 21.7 Å². The maximum absolute atomic E-state index is 3.89. The molecule has 0 amide bonds. The van der Waals surface area contributed by atoms with Gasteiger partial charge in [-0.25, -0.2) is 0 Å². The maximum atomic E-state index is 3.89. The van der Waals surface area contributed by atoms with Crippen LogP contribution in [-0.2, 0) is 21.7 Å². The quantitative estimate of drug-likeness (QED) is 0.601. The molecule has 0 aromatic carbocycles. The van der Waals surface area contributed by atoms with Gasteiger partial charge in [0.25, 0.3) is 0 Å². The van der Waals surface area contributed by atoms with Crippen LogP contribution >= 0.6 is 0 Å². The Balaban J connectivity index is -0.0000000533. The van der Waals surface area contributed by atoms with E-state index in [4.69, 9.17) is 0 Å². The van der Waals surface area contributed by atoms with Crippen LogP contribution in [0.3, 0.4) is 0 Å². The fraction of sp³-hybridized carbons (Fsp3) is 1.00. The van der Waals surface area contributed by atoms with Gasteiger partial charge in [-0.3, -0.25) is 0 Å². The second-order valence-corrected chi connectivity index (χ2v) is 5.41. The maximum Gasteiger partial charge on any atom is 4.00 e. The van der Waals surface area contributed by atoms with Gasteiger partial charge in [-0.1, -0.05) is 55.4 Å². The Morgan fingerprint density at radius 1 is 0.381 bits per heavy atom. The standard InChI is InChI=1S/4C4H10N.Ti/c4*1-4(2)5-3;/h4*4H,1-3H3;/q4*-1;+4. The largest absolute Gasteiger partial charge is 4.00 e. The monoisotopic (exact) mass is 336 g/mol. The van der Waals surface area contributed by atoms with Gasteiger partial charge in [-0.2, -0.15) is 28.2 Å². The average molecular weight is 336 g/mol. The van der Waals surface area contributed by atoms with Gasteiger partial charge in [0, 0.05) is 0 Å². The minimum absolute atomic E-state index is 0. The molecule has 0 rings (SSSR count). The summed E-state index contributed by atoms with van der Waals surface area (Å²) in [5.41, 5.74) is 0. The summed E-state index contributed by atoms with van der Waals surface area (Å²) in [4.78, 5) is 0. The first-order valence-electron chi connectivity index (χ1n) is 7.44. The summed E-state index contributed by atoms with van der Waals surface area (Å²) in [5, 5.41) is 15.6. The Morgan fingerprint density at radius 2 is 0.429 bits per heavy atom. The topological polar surface area (TPSA) is 56.4 Å². The van der Waals surface area contributed by atoms with Crippen LogP contribution in [0.25, 0.3) is 21.3 Å². The normalized spacial score (nSPS) is 9.14. The van der Waals surface area contributed by atoms with Crippen LogP contribution in [0.1, 0.15) is 55.4 Å². The van der Waals surface area contributed by atoms with E-state index in [1.807, 2.05) is 28.2 Å². The van der Waals surface area contributed by atoms with E-state index in [-0.39, 0.29) is 21.7 Å². The van der Waals surface area contributed by atoms with Crippen molar-refractivity contribution >= 4 is 0 Å². The van der Waals surface area contributed by atoms with E-state index >= 15 is 0 Å². The van der Waals surface area contributed by atoms with Crippen LogP contribution in [-0.4, -0.2) is 52.4 Å². The summed E-state index contributed by atoms with van der Waals surface area (Å²) >= 11 is 0. The van der Waals surface area contributed by atoms with Gasteiger partial charge in [0.05, 0.1) is 0 Å². The summed E-state index contributed by atoms with van der Waals surface area (Å²) < 4.78 is 0. The van der Waals surface area contributed by atoms with Crippen LogP contribution in [0.4, 0.5) is 0 Å². The van der Waals surface area contributed by atoms with E-state index in [0.717, 1.165) is 0 Å². The molecule has 0 bridgehead atoms. The van der Waals surface area contributed by atoms with E-state index < -0.39 is 0 Å². The molecule has 0 aromatic rings. The smallest absolute Gasteiger partial charge is 0.663 e. The number of nitrogens with zero attached hydrogens (tertiary/aromatic N) is 4. The fourth-order valence-electron chi connectivity index (χ4n) is 0. The molecule has 0 aliphatic rings. The summed E-state index contributed by atoms with van der Waals surface area (Å²) in [6, 6.07) is 2.04. The third-order valence-corrected chi connectivity index (χ3v) is 2.07. The van der Waals surface area contributed by atoms with E-state index in [0.29, 0.717) is 24.2 Å². The zero-order valence-corrected chi connectivity index (χ0v) is 18.2. The number of hydrogen-bond donors (Lipinski definition) is 0. The second kappa shape index (κ2) is 28.7. The molecule has 5 heteroatoms. The molecule has 21 heavy (non-hydrogen) atoms. The molecule has 128 valence electrons. The molecule has 0 aliphatic heterocycles. The molecule has 0 unspecified atom stereocenters. The average Bonchev–Trinajstić information content (AvgIpc) is 2.40. The summed E-state index contributed by atoms with van der Waals surface area (Å²) in [5.74, 6) is 0.